The van der Waals surface area contributed by atoms with Crippen molar-refractivity contribution in [3.05, 3.63) is 0 Å². The predicted molar refractivity (Wildman–Crippen MR) is 74.1 cm³/mol. The summed E-state index contributed by atoms with van der Waals surface area (Å²) in [5.74, 6) is 2.69. The van der Waals surface area contributed by atoms with Gasteiger partial charge in [-0.1, -0.05) is 12.8 Å². The largest absolute Gasteiger partial charge is 0.357 e. The van der Waals surface area contributed by atoms with Gasteiger partial charge in [0.2, 0.25) is 17.8 Å². The minimum absolute atomic E-state index is 0.600. The number of hydrogen-bond acceptors (Lipinski definition) is 6. The van der Waals surface area contributed by atoms with Crippen molar-refractivity contribution in [3.8, 4) is 0 Å². The van der Waals surface area contributed by atoms with Crippen molar-refractivity contribution in [2.24, 2.45) is 5.92 Å². The van der Waals surface area contributed by atoms with Crippen LogP contribution in [0.3, 0.4) is 0 Å². The number of hydrogen-bond donors (Lipinski definition) is 2. The van der Waals surface area contributed by atoms with E-state index in [1.165, 1.54) is 25.7 Å². The Labute approximate surface area is 108 Å². The topological polar surface area (TPSA) is 66.0 Å². The van der Waals surface area contributed by atoms with Gasteiger partial charge in [0.15, 0.2) is 0 Å². The minimum Gasteiger partial charge on any atom is -0.357 e. The smallest absolute Gasteiger partial charge is 0.231 e. The Morgan fingerprint density at radius 1 is 1.11 bits per heavy atom. The third kappa shape index (κ3) is 3.21. The maximum absolute atomic E-state index is 4.39. The Kier molecular flexibility index (Phi) is 4.17. The monoisotopic (exact) mass is 250 g/mol. The highest BCUT2D eigenvalue weighted by molar-refractivity contribution is 5.42. The first-order valence-corrected chi connectivity index (χ1v) is 6.54. The van der Waals surface area contributed by atoms with E-state index in [0.29, 0.717) is 17.8 Å². The van der Waals surface area contributed by atoms with Crippen molar-refractivity contribution in [3.63, 3.8) is 0 Å². The SMILES string of the molecule is CNc1nc(NCC2CCCC2)nc(N(C)C)n1. The number of nitrogens with one attached hydrogen (secondary N) is 2. The van der Waals surface area contributed by atoms with Crippen LogP contribution in [0.15, 0.2) is 0 Å². The van der Waals surface area contributed by atoms with Crippen molar-refractivity contribution >= 4 is 17.8 Å². The number of anilines is 3. The Bertz CT molecular complexity index is 386. The van der Waals surface area contributed by atoms with Crippen molar-refractivity contribution < 1.29 is 0 Å². The summed E-state index contributed by atoms with van der Waals surface area (Å²) in [5.41, 5.74) is 0. The van der Waals surface area contributed by atoms with Gasteiger partial charge in [-0.05, 0) is 18.8 Å². The first-order valence-electron chi connectivity index (χ1n) is 6.54. The minimum atomic E-state index is 0.600. The Morgan fingerprint density at radius 2 is 1.78 bits per heavy atom. The molecule has 1 aliphatic rings. The van der Waals surface area contributed by atoms with Gasteiger partial charge in [-0.15, -0.1) is 0 Å². The number of aromatic nitrogens is 3. The second-order valence-corrected chi connectivity index (χ2v) is 4.96. The lowest BCUT2D eigenvalue weighted by molar-refractivity contribution is 0.577. The summed E-state index contributed by atoms with van der Waals surface area (Å²) in [6.45, 7) is 0.958. The summed E-state index contributed by atoms with van der Waals surface area (Å²) in [5, 5.41) is 6.29. The molecule has 0 saturated heterocycles. The summed E-state index contributed by atoms with van der Waals surface area (Å²) >= 11 is 0. The molecule has 1 aliphatic carbocycles. The lowest BCUT2D eigenvalue weighted by atomic mass is 10.1. The first kappa shape index (κ1) is 12.9. The molecule has 0 spiro atoms. The van der Waals surface area contributed by atoms with Crippen LogP contribution in [-0.4, -0.2) is 42.6 Å². The molecular formula is C12H22N6. The standard InChI is InChI=1S/C12H22N6/c1-13-10-15-11(17-12(16-10)18(2)3)14-8-9-6-4-5-7-9/h9H,4-8H2,1-3H3,(H2,13,14,15,16,17). The zero-order chi connectivity index (χ0) is 13.0. The van der Waals surface area contributed by atoms with Crippen LogP contribution in [-0.2, 0) is 0 Å². The van der Waals surface area contributed by atoms with Crippen LogP contribution in [0.25, 0.3) is 0 Å². The van der Waals surface area contributed by atoms with Crippen LogP contribution < -0.4 is 15.5 Å². The zero-order valence-electron chi connectivity index (χ0n) is 11.4. The zero-order valence-corrected chi connectivity index (χ0v) is 11.4. The second kappa shape index (κ2) is 5.84. The quantitative estimate of drug-likeness (QED) is 0.827. The predicted octanol–water partition coefficient (Wildman–Crippen LogP) is 1.58. The van der Waals surface area contributed by atoms with Gasteiger partial charge in [0.25, 0.3) is 0 Å². The number of nitrogens with zero attached hydrogens (tertiary/aromatic N) is 4. The van der Waals surface area contributed by atoms with Crippen molar-refractivity contribution in [1.82, 2.24) is 15.0 Å². The fourth-order valence-electron chi connectivity index (χ4n) is 2.21. The third-order valence-electron chi connectivity index (χ3n) is 3.27. The highest BCUT2D eigenvalue weighted by Gasteiger charge is 2.15. The summed E-state index contributed by atoms with van der Waals surface area (Å²) in [4.78, 5) is 14.9. The average molecular weight is 250 g/mol. The van der Waals surface area contributed by atoms with Gasteiger partial charge >= 0.3 is 0 Å². The molecule has 0 aromatic carbocycles. The molecule has 1 aromatic heterocycles. The van der Waals surface area contributed by atoms with E-state index in [0.717, 1.165) is 12.5 Å². The normalized spacial score (nSPS) is 15.7. The molecule has 1 saturated carbocycles. The lowest BCUT2D eigenvalue weighted by Gasteiger charge is -2.14. The van der Waals surface area contributed by atoms with Crippen molar-refractivity contribution in [2.45, 2.75) is 25.7 Å². The van der Waals surface area contributed by atoms with Crippen molar-refractivity contribution in [1.29, 1.82) is 0 Å². The molecule has 100 valence electrons. The van der Waals surface area contributed by atoms with Crippen LogP contribution >= 0.6 is 0 Å². The Morgan fingerprint density at radius 3 is 2.39 bits per heavy atom. The van der Waals surface area contributed by atoms with Gasteiger partial charge in [0, 0.05) is 27.7 Å². The molecule has 2 N–H and O–H groups in total. The molecule has 1 heterocycles. The maximum atomic E-state index is 4.39. The lowest BCUT2D eigenvalue weighted by Crippen LogP contribution is -2.18. The van der Waals surface area contributed by atoms with E-state index in [-0.39, 0.29) is 0 Å². The molecule has 0 bridgehead atoms. The van der Waals surface area contributed by atoms with Gasteiger partial charge in [0.1, 0.15) is 0 Å². The van der Waals surface area contributed by atoms with E-state index in [1.807, 2.05) is 26.0 Å². The molecule has 0 atom stereocenters. The molecule has 0 radical (unpaired) electrons. The van der Waals surface area contributed by atoms with Gasteiger partial charge in [-0.3, -0.25) is 0 Å². The van der Waals surface area contributed by atoms with Gasteiger partial charge in [-0.2, -0.15) is 15.0 Å². The fraction of sp³-hybridized carbons (Fsp3) is 0.750. The highest BCUT2D eigenvalue weighted by Crippen LogP contribution is 2.24. The van der Waals surface area contributed by atoms with Crippen LogP contribution in [0, 0.1) is 5.92 Å². The summed E-state index contributed by atoms with van der Waals surface area (Å²) in [6.07, 6.45) is 5.34. The van der Waals surface area contributed by atoms with Gasteiger partial charge in [-0.25, -0.2) is 0 Å². The van der Waals surface area contributed by atoms with Crippen LogP contribution in [0.5, 0.6) is 0 Å². The van der Waals surface area contributed by atoms with Crippen LogP contribution in [0.1, 0.15) is 25.7 Å². The number of rotatable bonds is 5. The summed E-state index contributed by atoms with van der Waals surface area (Å²) in [7, 11) is 5.67. The fourth-order valence-corrected chi connectivity index (χ4v) is 2.21. The maximum Gasteiger partial charge on any atom is 0.231 e. The molecular weight excluding hydrogens is 228 g/mol. The van der Waals surface area contributed by atoms with E-state index in [1.54, 1.807) is 0 Å². The first-order chi connectivity index (χ1) is 8.69. The van der Waals surface area contributed by atoms with E-state index < -0.39 is 0 Å². The molecule has 1 aromatic rings. The molecule has 6 nitrogen and oxygen atoms in total. The van der Waals surface area contributed by atoms with E-state index in [4.69, 9.17) is 0 Å². The summed E-state index contributed by atoms with van der Waals surface area (Å²) < 4.78 is 0. The van der Waals surface area contributed by atoms with E-state index in [9.17, 15) is 0 Å². The molecule has 1 fully saturated rings. The third-order valence-corrected chi connectivity index (χ3v) is 3.27. The van der Waals surface area contributed by atoms with Gasteiger partial charge in [0.05, 0.1) is 0 Å². The van der Waals surface area contributed by atoms with Gasteiger partial charge < -0.3 is 15.5 Å². The Hall–Kier alpha value is -1.59. The summed E-state index contributed by atoms with van der Waals surface area (Å²) in [6, 6.07) is 0. The molecule has 0 unspecified atom stereocenters. The van der Waals surface area contributed by atoms with E-state index in [2.05, 4.69) is 25.6 Å². The second-order valence-electron chi connectivity index (χ2n) is 4.96. The average Bonchev–Trinajstić information content (AvgIpc) is 2.89. The van der Waals surface area contributed by atoms with E-state index >= 15 is 0 Å². The van der Waals surface area contributed by atoms with Crippen molar-refractivity contribution in [2.75, 3.05) is 43.2 Å². The molecule has 0 aliphatic heterocycles. The molecule has 6 heteroatoms. The highest BCUT2D eigenvalue weighted by atomic mass is 15.3. The molecule has 18 heavy (non-hydrogen) atoms. The Balaban J connectivity index is 2.03. The molecule has 2 rings (SSSR count). The van der Waals surface area contributed by atoms with Crippen LogP contribution in [0.4, 0.5) is 17.8 Å². The van der Waals surface area contributed by atoms with Crippen LogP contribution in [0.2, 0.25) is 0 Å². The molecule has 0 amide bonds.